The smallest absolute Gasteiger partial charge is 0.321 e. The average molecular weight is 352 g/mol. The van der Waals surface area contributed by atoms with Crippen LogP contribution in [0.5, 0.6) is 11.5 Å². The van der Waals surface area contributed by atoms with Crippen LogP contribution in [-0.2, 0) is 25.5 Å². The maximum atomic E-state index is 12.5. The summed E-state index contributed by atoms with van der Waals surface area (Å²) in [5, 5.41) is 9.68. The van der Waals surface area contributed by atoms with E-state index in [4.69, 9.17) is 14.2 Å². The number of hydrogen-bond acceptors (Lipinski definition) is 6. The largest absolute Gasteiger partial charge is 0.504 e. The van der Waals surface area contributed by atoms with E-state index in [0.29, 0.717) is 5.56 Å². The van der Waals surface area contributed by atoms with Gasteiger partial charge in [0.05, 0.1) is 7.11 Å². The summed E-state index contributed by atoms with van der Waals surface area (Å²) < 4.78 is 15.8. The van der Waals surface area contributed by atoms with Crippen molar-refractivity contribution in [3.05, 3.63) is 23.8 Å². The number of carbonyl (C=O) groups excluding carboxylic acids is 2. The van der Waals surface area contributed by atoms with Gasteiger partial charge in [0, 0.05) is 0 Å². The molecule has 1 rings (SSSR count). The van der Waals surface area contributed by atoms with Crippen molar-refractivity contribution in [1.29, 1.82) is 0 Å². The van der Waals surface area contributed by atoms with Crippen LogP contribution in [0, 0.1) is 5.92 Å². The Labute approximate surface area is 149 Å². The van der Waals surface area contributed by atoms with Crippen LogP contribution in [0.1, 0.15) is 47.1 Å². The third-order valence-electron chi connectivity index (χ3n) is 3.07. The second-order valence-electron chi connectivity index (χ2n) is 7.83. The highest BCUT2D eigenvalue weighted by Crippen LogP contribution is 2.28. The van der Waals surface area contributed by atoms with Crippen molar-refractivity contribution in [2.24, 2.45) is 5.92 Å². The Bertz CT molecular complexity index is 594. The number of hydrogen-bond donors (Lipinski definition) is 1. The first-order chi connectivity index (χ1) is 11.3. The zero-order chi connectivity index (χ0) is 19.4. The molecule has 0 aliphatic heterocycles. The number of phenols is 1. The number of benzene rings is 1. The first-order valence-electron chi connectivity index (χ1n) is 8.14. The molecule has 0 aliphatic carbocycles. The zero-order valence-corrected chi connectivity index (χ0v) is 16.0. The van der Waals surface area contributed by atoms with E-state index in [-0.39, 0.29) is 17.9 Å². The molecule has 6 nitrogen and oxygen atoms in total. The van der Waals surface area contributed by atoms with Crippen molar-refractivity contribution < 1.29 is 28.9 Å². The van der Waals surface area contributed by atoms with Gasteiger partial charge < -0.3 is 19.3 Å². The minimum absolute atomic E-state index is 0.0164. The first kappa shape index (κ1) is 20.8. The summed E-state index contributed by atoms with van der Waals surface area (Å²) in [6.07, 6.45) is 0.0838. The SMILES string of the molecule is COc1cc(CC(C(=O)OC(C)(C)C)C(=O)OC(C)(C)C)ccc1O. The van der Waals surface area contributed by atoms with Crippen molar-refractivity contribution in [2.45, 2.75) is 59.2 Å². The minimum atomic E-state index is -1.10. The van der Waals surface area contributed by atoms with Gasteiger partial charge in [-0.15, -0.1) is 0 Å². The molecule has 0 unspecified atom stereocenters. The monoisotopic (exact) mass is 352 g/mol. The van der Waals surface area contributed by atoms with Crippen LogP contribution in [-0.4, -0.2) is 35.4 Å². The fourth-order valence-electron chi connectivity index (χ4n) is 2.09. The van der Waals surface area contributed by atoms with E-state index in [1.165, 1.54) is 13.2 Å². The van der Waals surface area contributed by atoms with Gasteiger partial charge in [-0.3, -0.25) is 9.59 Å². The lowest BCUT2D eigenvalue weighted by molar-refractivity contribution is -0.174. The molecule has 0 fully saturated rings. The summed E-state index contributed by atoms with van der Waals surface area (Å²) in [5.41, 5.74) is -0.787. The van der Waals surface area contributed by atoms with E-state index in [1.54, 1.807) is 53.7 Å². The highest BCUT2D eigenvalue weighted by molar-refractivity contribution is 5.95. The third kappa shape index (κ3) is 7.03. The van der Waals surface area contributed by atoms with Gasteiger partial charge in [0.2, 0.25) is 0 Å². The Kier molecular flexibility index (Phi) is 6.46. The van der Waals surface area contributed by atoms with Crippen LogP contribution in [0.4, 0.5) is 0 Å². The van der Waals surface area contributed by atoms with Crippen molar-refractivity contribution in [3.8, 4) is 11.5 Å². The van der Waals surface area contributed by atoms with Crippen LogP contribution < -0.4 is 4.74 Å². The molecule has 1 aromatic rings. The molecule has 0 saturated heterocycles. The predicted molar refractivity (Wildman–Crippen MR) is 93.5 cm³/mol. The van der Waals surface area contributed by atoms with E-state index in [9.17, 15) is 14.7 Å². The molecule has 0 saturated carbocycles. The summed E-state index contributed by atoms with van der Waals surface area (Å²) in [4.78, 5) is 25.0. The van der Waals surface area contributed by atoms with Crippen molar-refractivity contribution in [2.75, 3.05) is 7.11 Å². The topological polar surface area (TPSA) is 82.1 Å². The Morgan fingerprint density at radius 3 is 1.88 bits per heavy atom. The van der Waals surface area contributed by atoms with Gasteiger partial charge >= 0.3 is 11.9 Å². The maximum absolute atomic E-state index is 12.5. The number of carbonyl (C=O) groups is 2. The van der Waals surface area contributed by atoms with Crippen LogP contribution in [0.15, 0.2) is 18.2 Å². The molecule has 0 aromatic heterocycles. The van der Waals surface area contributed by atoms with Crippen LogP contribution in [0.25, 0.3) is 0 Å². The third-order valence-corrected chi connectivity index (χ3v) is 3.07. The molecule has 0 aliphatic rings. The number of esters is 2. The predicted octanol–water partition coefficient (Wildman–Crippen LogP) is 3.24. The molecule has 0 atom stereocenters. The molecule has 0 bridgehead atoms. The molecular weight excluding hydrogens is 324 g/mol. The summed E-state index contributed by atoms with van der Waals surface area (Å²) in [6.45, 7) is 10.4. The Morgan fingerprint density at radius 1 is 1.00 bits per heavy atom. The standard InChI is InChI=1S/C19H28O6/c1-18(2,3)24-16(21)13(17(22)25-19(4,5)6)10-12-8-9-14(20)15(11-12)23-7/h8-9,11,13,20H,10H2,1-7H3. The highest BCUT2D eigenvalue weighted by atomic mass is 16.6. The molecule has 0 amide bonds. The lowest BCUT2D eigenvalue weighted by Crippen LogP contribution is -2.38. The molecule has 6 heteroatoms. The minimum Gasteiger partial charge on any atom is -0.504 e. The van der Waals surface area contributed by atoms with Gasteiger partial charge in [-0.25, -0.2) is 0 Å². The van der Waals surface area contributed by atoms with Crippen LogP contribution >= 0.6 is 0 Å². The van der Waals surface area contributed by atoms with E-state index in [1.807, 2.05) is 0 Å². The van der Waals surface area contributed by atoms with Crippen molar-refractivity contribution in [3.63, 3.8) is 0 Å². The Hall–Kier alpha value is -2.24. The van der Waals surface area contributed by atoms with Gasteiger partial charge in [-0.2, -0.15) is 0 Å². The maximum Gasteiger partial charge on any atom is 0.321 e. The number of phenolic OH excluding ortho intramolecular Hbond substituents is 1. The van der Waals surface area contributed by atoms with Crippen LogP contribution in [0.3, 0.4) is 0 Å². The highest BCUT2D eigenvalue weighted by Gasteiger charge is 2.35. The second kappa shape index (κ2) is 7.76. The van der Waals surface area contributed by atoms with Crippen LogP contribution in [0.2, 0.25) is 0 Å². The molecule has 1 N–H and O–H groups in total. The lowest BCUT2D eigenvalue weighted by atomic mass is 9.98. The average Bonchev–Trinajstić information content (AvgIpc) is 2.42. The zero-order valence-electron chi connectivity index (χ0n) is 16.0. The van der Waals surface area contributed by atoms with Gasteiger partial charge in [-0.1, -0.05) is 6.07 Å². The van der Waals surface area contributed by atoms with Crippen molar-refractivity contribution in [1.82, 2.24) is 0 Å². The summed E-state index contributed by atoms with van der Waals surface area (Å²) >= 11 is 0. The fraction of sp³-hybridized carbons (Fsp3) is 0.579. The van der Waals surface area contributed by atoms with E-state index in [0.717, 1.165) is 0 Å². The molecule has 140 valence electrons. The van der Waals surface area contributed by atoms with Gasteiger partial charge in [0.1, 0.15) is 11.2 Å². The van der Waals surface area contributed by atoms with Gasteiger partial charge in [-0.05, 0) is 65.7 Å². The molecule has 0 heterocycles. The Morgan fingerprint density at radius 2 is 1.48 bits per heavy atom. The summed E-state index contributed by atoms with van der Waals surface area (Å²) in [6, 6.07) is 4.66. The second-order valence-corrected chi connectivity index (χ2v) is 7.83. The molecular formula is C19H28O6. The number of methoxy groups -OCH3 is 1. The van der Waals surface area contributed by atoms with Gasteiger partial charge in [0.25, 0.3) is 0 Å². The van der Waals surface area contributed by atoms with Gasteiger partial charge in [0.15, 0.2) is 17.4 Å². The number of rotatable bonds is 5. The quantitative estimate of drug-likeness (QED) is 0.647. The van der Waals surface area contributed by atoms with E-state index in [2.05, 4.69) is 0 Å². The van der Waals surface area contributed by atoms with E-state index < -0.39 is 29.1 Å². The number of aromatic hydroxyl groups is 1. The molecule has 1 aromatic carbocycles. The summed E-state index contributed by atoms with van der Waals surface area (Å²) in [7, 11) is 1.43. The lowest BCUT2D eigenvalue weighted by Gasteiger charge is -2.26. The number of ether oxygens (including phenoxy) is 3. The first-order valence-corrected chi connectivity index (χ1v) is 8.14. The molecule has 0 radical (unpaired) electrons. The van der Waals surface area contributed by atoms with Crippen molar-refractivity contribution >= 4 is 11.9 Å². The fourth-order valence-corrected chi connectivity index (χ4v) is 2.09. The Balaban J connectivity index is 3.09. The summed E-state index contributed by atoms with van der Waals surface area (Å²) in [5.74, 6) is -2.14. The molecule has 25 heavy (non-hydrogen) atoms. The normalized spacial score (nSPS) is 12.0. The van der Waals surface area contributed by atoms with E-state index >= 15 is 0 Å². The molecule has 0 spiro atoms.